The minimum absolute atomic E-state index is 0.561. The van der Waals surface area contributed by atoms with Crippen LogP contribution < -0.4 is 10.7 Å². The lowest BCUT2D eigenvalue weighted by atomic mass is 10.0. The molecule has 0 aliphatic rings. The molecule has 0 amide bonds. The van der Waals surface area contributed by atoms with E-state index in [9.17, 15) is 0 Å². The number of hydrogen-bond donors (Lipinski definition) is 2. The Balaban J connectivity index is 1.86. The lowest BCUT2D eigenvalue weighted by Gasteiger charge is -2.05. The summed E-state index contributed by atoms with van der Waals surface area (Å²) in [7, 11) is 0. The molecule has 0 unspecified atom stereocenters. The van der Waals surface area contributed by atoms with E-state index in [0.717, 1.165) is 24.9 Å². The maximum absolute atomic E-state index is 5.13. The van der Waals surface area contributed by atoms with Crippen LogP contribution in [-0.4, -0.2) is 17.9 Å². The number of hydrogen-bond acceptors (Lipinski definition) is 2. The van der Waals surface area contributed by atoms with E-state index in [0.29, 0.717) is 5.11 Å². The number of hydrazone groups is 1. The number of rotatable bonds is 6. The third kappa shape index (κ3) is 5.30. The third-order valence-corrected chi connectivity index (χ3v) is 3.45. The van der Waals surface area contributed by atoms with E-state index in [2.05, 4.69) is 47.0 Å². The minimum atomic E-state index is 0.561. The highest BCUT2D eigenvalue weighted by molar-refractivity contribution is 7.80. The van der Waals surface area contributed by atoms with Crippen molar-refractivity contribution in [3.05, 3.63) is 60.2 Å². The van der Waals surface area contributed by atoms with Gasteiger partial charge in [0.1, 0.15) is 0 Å². The van der Waals surface area contributed by atoms with Crippen LogP contribution in [0.4, 0.5) is 0 Å². The normalized spacial score (nSPS) is 10.6. The summed E-state index contributed by atoms with van der Waals surface area (Å²) in [4.78, 5) is 0. The van der Waals surface area contributed by atoms with Gasteiger partial charge in [-0.3, -0.25) is 5.43 Å². The number of benzene rings is 2. The lowest BCUT2D eigenvalue weighted by molar-refractivity contribution is 0.745. The largest absolute Gasteiger partial charge is 0.361 e. The van der Waals surface area contributed by atoms with Crippen LogP contribution >= 0.6 is 12.2 Å². The fourth-order valence-corrected chi connectivity index (χ4v) is 2.13. The maximum atomic E-state index is 5.13. The summed E-state index contributed by atoms with van der Waals surface area (Å²) in [5.41, 5.74) is 6.27. The van der Waals surface area contributed by atoms with E-state index in [-0.39, 0.29) is 0 Å². The molecule has 0 saturated carbocycles. The summed E-state index contributed by atoms with van der Waals surface area (Å²) >= 11 is 5.13. The van der Waals surface area contributed by atoms with E-state index in [1.54, 1.807) is 6.21 Å². The molecule has 4 heteroatoms. The van der Waals surface area contributed by atoms with Crippen LogP contribution in [0.3, 0.4) is 0 Å². The van der Waals surface area contributed by atoms with Crippen LogP contribution in [0.2, 0.25) is 0 Å². The number of nitrogens with zero attached hydrogens (tertiary/aromatic N) is 1. The van der Waals surface area contributed by atoms with E-state index >= 15 is 0 Å². The Labute approximate surface area is 137 Å². The molecule has 2 aromatic carbocycles. The van der Waals surface area contributed by atoms with Gasteiger partial charge in [0.05, 0.1) is 6.21 Å². The summed E-state index contributed by atoms with van der Waals surface area (Å²) in [6, 6.07) is 18.6. The van der Waals surface area contributed by atoms with Crippen LogP contribution in [0.25, 0.3) is 11.1 Å². The molecular weight excluding hydrogens is 290 g/mol. The number of nitrogens with one attached hydrogen (secondary N) is 2. The van der Waals surface area contributed by atoms with Gasteiger partial charge in [-0.05, 0) is 35.3 Å². The van der Waals surface area contributed by atoms with Crippen molar-refractivity contribution in [3.8, 4) is 11.1 Å². The zero-order valence-corrected chi connectivity index (χ0v) is 13.6. The summed E-state index contributed by atoms with van der Waals surface area (Å²) in [6.07, 6.45) is 4.02. The minimum Gasteiger partial charge on any atom is -0.361 e. The standard InChI is InChI=1S/C18H21N3S/c1-2-3-13-19-18(22)21-20-14-15-9-11-17(12-10-15)16-7-5-4-6-8-16/h4-12,14H,2-3,13H2,1H3,(H2,19,21,22). The average molecular weight is 311 g/mol. The highest BCUT2D eigenvalue weighted by Gasteiger charge is 1.96. The second kappa shape index (κ2) is 8.95. The van der Waals surface area contributed by atoms with Gasteiger partial charge in [0.2, 0.25) is 0 Å². The molecule has 0 spiro atoms. The van der Waals surface area contributed by atoms with Gasteiger partial charge in [-0.2, -0.15) is 5.10 Å². The molecule has 0 heterocycles. The number of unbranched alkanes of at least 4 members (excludes halogenated alkanes) is 1. The molecule has 0 fully saturated rings. The Bertz CT molecular complexity index is 606. The van der Waals surface area contributed by atoms with Crippen LogP contribution in [0.1, 0.15) is 25.3 Å². The smallest absolute Gasteiger partial charge is 0.186 e. The fourth-order valence-electron chi connectivity index (χ4n) is 1.98. The van der Waals surface area contributed by atoms with E-state index in [1.165, 1.54) is 11.1 Å². The highest BCUT2D eigenvalue weighted by atomic mass is 32.1. The zero-order valence-electron chi connectivity index (χ0n) is 12.8. The second-order valence-electron chi connectivity index (χ2n) is 4.97. The Morgan fingerprint density at radius 1 is 1.05 bits per heavy atom. The van der Waals surface area contributed by atoms with Gasteiger partial charge in [-0.25, -0.2) is 0 Å². The van der Waals surface area contributed by atoms with Crippen molar-refractivity contribution in [3.63, 3.8) is 0 Å². The first-order chi connectivity index (χ1) is 10.8. The van der Waals surface area contributed by atoms with Crippen LogP contribution in [0.5, 0.6) is 0 Å². The quantitative estimate of drug-likeness (QED) is 0.367. The Morgan fingerprint density at radius 3 is 2.41 bits per heavy atom. The molecule has 2 rings (SSSR count). The highest BCUT2D eigenvalue weighted by Crippen LogP contribution is 2.18. The molecule has 0 atom stereocenters. The van der Waals surface area contributed by atoms with Gasteiger partial charge in [0.15, 0.2) is 5.11 Å². The number of thiocarbonyl (C=S) groups is 1. The van der Waals surface area contributed by atoms with Crippen molar-refractivity contribution in [1.29, 1.82) is 0 Å². The maximum Gasteiger partial charge on any atom is 0.186 e. The predicted molar refractivity (Wildman–Crippen MR) is 98.1 cm³/mol. The van der Waals surface area contributed by atoms with Crippen molar-refractivity contribution in [2.24, 2.45) is 5.10 Å². The molecule has 0 aliphatic heterocycles. The van der Waals surface area contributed by atoms with Crippen LogP contribution in [-0.2, 0) is 0 Å². The second-order valence-corrected chi connectivity index (χ2v) is 5.38. The van der Waals surface area contributed by atoms with Gasteiger partial charge < -0.3 is 5.32 Å². The van der Waals surface area contributed by atoms with Crippen LogP contribution in [0, 0.1) is 0 Å². The SMILES string of the molecule is CCCCNC(=S)NN=Cc1ccc(-c2ccccc2)cc1. The molecular formula is C18H21N3S. The summed E-state index contributed by atoms with van der Waals surface area (Å²) in [5, 5.41) is 7.81. The van der Waals surface area contributed by atoms with Crippen LogP contribution in [0.15, 0.2) is 59.7 Å². The van der Waals surface area contributed by atoms with Gasteiger partial charge >= 0.3 is 0 Å². The van der Waals surface area contributed by atoms with E-state index in [4.69, 9.17) is 12.2 Å². The van der Waals surface area contributed by atoms with Gasteiger partial charge in [-0.15, -0.1) is 0 Å². The summed E-state index contributed by atoms with van der Waals surface area (Å²) < 4.78 is 0. The monoisotopic (exact) mass is 311 g/mol. The Hall–Kier alpha value is -2.20. The first kappa shape index (κ1) is 16.2. The molecule has 22 heavy (non-hydrogen) atoms. The Kier molecular flexibility index (Phi) is 6.58. The first-order valence-electron chi connectivity index (χ1n) is 7.52. The van der Waals surface area contributed by atoms with E-state index in [1.807, 2.05) is 30.3 Å². The molecule has 0 radical (unpaired) electrons. The molecule has 2 N–H and O–H groups in total. The molecule has 0 bridgehead atoms. The zero-order chi connectivity index (χ0) is 15.6. The summed E-state index contributed by atoms with van der Waals surface area (Å²) in [6.45, 7) is 3.03. The van der Waals surface area contributed by atoms with E-state index < -0.39 is 0 Å². The molecule has 0 saturated heterocycles. The summed E-state index contributed by atoms with van der Waals surface area (Å²) in [5.74, 6) is 0. The molecule has 0 aliphatic carbocycles. The predicted octanol–water partition coefficient (Wildman–Crippen LogP) is 3.95. The van der Waals surface area contributed by atoms with Crippen molar-refractivity contribution in [1.82, 2.24) is 10.7 Å². The molecule has 3 nitrogen and oxygen atoms in total. The first-order valence-corrected chi connectivity index (χ1v) is 7.93. The van der Waals surface area contributed by atoms with Crippen molar-refractivity contribution >= 4 is 23.5 Å². The third-order valence-electron chi connectivity index (χ3n) is 3.21. The van der Waals surface area contributed by atoms with Gasteiger partial charge in [0.25, 0.3) is 0 Å². The Morgan fingerprint density at radius 2 is 1.73 bits per heavy atom. The van der Waals surface area contributed by atoms with Crippen molar-refractivity contribution in [2.75, 3.05) is 6.54 Å². The van der Waals surface area contributed by atoms with Crippen molar-refractivity contribution < 1.29 is 0 Å². The molecule has 0 aromatic heterocycles. The van der Waals surface area contributed by atoms with Crippen molar-refractivity contribution in [2.45, 2.75) is 19.8 Å². The molecule has 114 valence electrons. The molecule has 2 aromatic rings. The van der Waals surface area contributed by atoms with Gasteiger partial charge in [0, 0.05) is 6.54 Å². The van der Waals surface area contributed by atoms with Gasteiger partial charge in [-0.1, -0.05) is 67.9 Å². The average Bonchev–Trinajstić information content (AvgIpc) is 2.57. The lowest BCUT2D eigenvalue weighted by Crippen LogP contribution is -2.32. The fraction of sp³-hybridized carbons (Fsp3) is 0.222. The topological polar surface area (TPSA) is 36.4 Å².